The lowest BCUT2D eigenvalue weighted by Gasteiger charge is -2.09. The quantitative estimate of drug-likeness (QED) is 0.915. The van der Waals surface area contributed by atoms with Crippen LogP contribution >= 0.6 is 15.9 Å². The highest BCUT2D eigenvalue weighted by molar-refractivity contribution is 9.10. The minimum atomic E-state index is 0.621. The molecule has 1 aromatic carbocycles. The van der Waals surface area contributed by atoms with E-state index < -0.39 is 0 Å². The molecule has 1 N–H and O–H groups in total. The number of ether oxygens (including phenoxy) is 2. The molecule has 0 amide bonds. The Kier molecular flexibility index (Phi) is 4.63. The number of nitrogens with zero attached hydrogens (tertiary/aromatic N) is 1. The van der Waals surface area contributed by atoms with Gasteiger partial charge in [-0.2, -0.15) is 0 Å². The Bertz CT molecular complexity index is 544. The summed E-state index contributed by atoms with van der Waals surface area (Å²) in [6.45, 7) is 0.704. The molecule has 4 nitrogen and oxygen atoms in total. The highest BCUT2D eigenvalue weighted by Gasteiger charge is 2.01. The van der Waals surface area contributed by atoms with Gasteiger partial charge in [-0.25, -0.2) is 4.98 Å². The molecule has 0 fully saturated rings. The molecule has 100 valence electrons. The van der Waals surface area contributed by atoms with E-state index >= 15 is 0 Å². The van der Waals surface area contributed by atoms with Crippen LogP contribution in [0.1, 0.15) is 5.56 Å². The van der Waals surface area contributed by atoms with E-state index in [1.165, 1.54) is 0 Å². The van der Waals surface area contributed by atoms with E-state index in [1.807, 2.05) is 30.3 Å². The fourth-order valence-electron chi connectivity index (χ4n) is 1.62. The fraction of sp³-hybridized carbons (Fsp3) is 0.214. The van der Waals surface area contributed by atoms with Crippen molar-refractivity contribution in [3.63, 3.8) is 0 Å². The van der Waals surface area contributed by atoms with Crippen LogP contribution in [0.15, 0.2) is 41.0 Å². The minimum Gasteiger partial charge on any atom is -0.496 e. The number of rotatable bonds is 5. The molecular formula is C14H15BrN2O2. The first-order valence-corrected chi connectivity index (χ1v) is 6.58. The van der Waals surface area contributed by atoms with Gasteiger partial charge in [-0.3, -0.25) is 0 Å². The van der Waals surface area contributed by atoms with E-state index in [9.17, 15) is 0 Å². The second-order valence-corrected chi connectivity index (χ2v) is 4.77. The standard InChI is InChI=1S/C14H15BrN2O2/c1-18-13-5-4-11(7-12(13)15)16-8-10-3-6-14(19-2)17-9-10/h3-7,9,16H,8H2,1-2H3. The van der Waals surface area contributed by atoms with Gasteiger partial charge in [-0.1, -0.05) is 6.07 Å². The summed E-state index contributed by atoms with van der Waals surface area (Å²) in [5.41, 5.74) is 2.11. The number of anilines is 1. The van der Waals surface area contributed by atoms with Crippen LogP contribution in [0.3, 0.4) is 0 Å². The maximum Gasteiger partial charge on any atom is 0.212 e. The van der Waals surface area contributed by atoms with E-state index in [0.717, 1.165) is 21.5 Å². The monoisotopic (exact) mass is 322 g/mol. The lowest BCUT2D eigenvalue weighted by atomic mass is 10.2. The van der Waals surface area contributed by atoms with Crippen LogP contribution in [0.4, 0.5) is 5.69 Å². The summed E-state index contributed by atoms with van der Waals surface area (Å²) in [7, 11) is 3.26. The van der Waals surface area contributed by atoms with Crippen molar-refractivity contribution in [3.05, 3.63) is 46.6 Å². The second-order valence-electron chi connectivity index (χ2n) is 3.91. The van der Waals surface area contributed by atoms with Crippen molar-refractivity contribution in [1.29, 1.82) is 0 Å². The van der Waals surface area contributed by atoms with Gasteiger partial charge >= 0.3 is 0 Å². The Morgan fingerprint density at radius 2 is 2.00 bits per heavy atom. The molecule has 5 heteroatoms. The van der Waals surface area contributed by atoms with Crippen LogP contribution in [0.2, 0.25) is 0 Å². The summed E-state index contributed by atoms with van der Waals surface area (Å²) in [6, 6.07) is 9.70. The molecule has 0 saturated carbocycles. The summed E-state index contributed by atoms with van der Waals surface area (Å²) in [5, 5.41) is 3.32. The maximum absolute atomic E-state index is 5.19. The zero-order valence-corrected chi connectivity index (χ0v) is 12.4. The van der Waals surface area contributed by atoms with Crippen LogP contribution in [-0.2, 0) is 6.54 Å². The fourth-order valence-corrected chi connectivity index (χ4v) is 2.16. The number of halogens is 1. The summed E-state index contributed by atoms with van der Waals surface area (Å²) < 4.78 is 11.1. The normalized spacial score (nSPS) is 10.1. The first-order chi connectivity index (χ1) is 9.22. The van der Waals surface area contributed by atoms with Gasteiger partial charge in [-0.05, 0) is 39.7 Å². The number of hydrogen-bond donors (Lipinski definition) is 1. The molecule has 0 spiro atoms. The van der Waals surface area contributed by atoms with Gasteiger partial charge in [0.05, 0.1) is 18.7 Å². The zero-order valence-electron chi connectivity index (χ0n) is 10.8. The number of pyridine rings is 1. The van der Waals surface area contributed by atoms with Crippen LogP contribution in [-0.4, -0.2) is 19.2 Å². The third-order valence-electron chi connectivity index (χ3n) is 2.66. The van der Waals surface area contributed by atoms with Crippen molar-refractivity contribution in [2.75, 3.05) is 19.5 Å². The molecule has 2 rings (SSSR count). The predicted octanol–water partition coefficient (Wildman–Crippen LogP) is 3.47. The lowest BCUT2D eigenvalue weighted by Crippen LogP contribution is -2.00. The number of benzene rings is 1. The Labute approximate surface area is 120 Å². The highest BCUT2D eigenvalue weighted by atomic mass is 79.9. The van der Waals surface area contributed by atoms with E-state index in [-0.39, 0.29) is 0 Å². The molecule has 0 atom stereocenters. The maximum atomic E-state index is 5.19. The smallest absolute Gasteiger partial charge is 0.212 e. The molecule has 2 aromatic rings. The molecule has 1 aromatic heterocycles. The number of methoxy groups -OCH3 is 2. The van der Waals surface area contributed by atoms with Crippen molar-refractivity contribution in [2.24, 2.45) is 0 Å². The Hall–Kier alpha value is -1.75. The Morgan fingerprint density at radius 1 is 1.16 bits per heavy atom. The SMILES string of the molecule is COc1ccc(CNc2ccc(OC)c(Br)c2)cn1. The molecule has 0 radical (unpaired) electrons. The third-order valence-corrected chi connectivity index (χ3v) is 3.27. The first kappa shape index (κ1) is 13.7. The average molecular weight is 323 g/mol. The van der Waals surface area contributed by atoms with E-state index in [4.69, 9.17) is 9.47 Å². The van der Waals surface area contributed by atoms with E-state index in [1.54, 1.807) is 20.4 Å². The van der Waals surface area contributed by atoms with Crippen LogP contribution < -0.4 is 14.8 Å². The van der Waals surface area contributed by atoms with Crippen LogP contribution in [0, 0.1) is 0 Å². The summed E-state index contributed by atoms with van der Waals surface area (Å²) in [6.07, 6.45) is 1.80. The topological polar surface area (TPSA) is 43.4 Å². The number of aromatic nitrogens is 1. The molecule has 0 aliphatic carbocycles. The average Bonchev–Trinajstić information content (AvgIpc) is 2.46. The Balaban J connectivity index is 1.99. The largest absolute Gasteiger partial charge is 0.496 e. The van der Waals surface area contributed by atoms with E-state index in [2.05, 4.69) is 26.2 Å². The number of nitrogens with one attached hydrogen (secondary N) is 1. The molecule has 0 saturated heterocycles. The number of hydrogen-bond acceptors (Lipinski definition) is 4. The second kappa shape index (κ2) is 6.43. The molecule has 0 aliphatic heterocycles. The van der Waals surface area contributed by atoms with Gasteiger partial charge in [-0.15, -0.1) is 0 Å². The lowest BCUT2D eigenvalue weighted by molar-refractivity contribution is 0.397. The molecule has 1 heterocycles. The molecule has 0 unspecified atom stereocenters. The third kappa shape index (κ3) is 3.61. The van der Waals surface area contributed by atoms with Crippen molar-refractivity contribution in [2.45, 2.75) is 6.54 Å². The predicted molar refractivity (Wildman–Crippen MR) is 78.8 cm³/mol. The summed E-state index contributed by atoms with van der Waals surface area (Å²) in [5.74, 6) is 1.44. The van der Waals surface area contributed by atoms with Gasteiger partial charge in [0.1, 0.15) is 5.75 Å². The van der Waals surface area contributed by atoms with E-state index in [0.29, 0.717) is 12.4 Å². The van der Waals surface area contributed by atoms with Gasteiger partial charge in [0, 0.05) is 24.5 Å². The molecule has 0 bridgehead atoms. The van der Waals surface area contributed by atoms with Crippen LogP contribution in [0.5, 0.6) is 11.6 Å². The van der Waals surface area contributed by atoms with Crippen molar-refractivity contribution in [1.82, 2.24) is 4.98 Å². The zero-order chi connectivity index (χ0) is 13.7. The van der Waals surface area contributed by atoms with Gasteiger partial charge in [0.15, 0.2) is 0 Å². The van der Waals surface area contributed by atoms with Crippen molar-refractivity contribution < 1.29 is 9.47 Å². The minimum absolute atomic E-state index is 0.621. The van der Waals surface area contributed by atoms with Crippen molar-refractivity contribution in [3.8, 4) is 11.6 Å². The summed E-state index contributed by atoms with van der Waals surface area (Å²) >= 11 is 3.46. The summed E-state index contributed by atoms with van der Waals surface area (Å²) in [4.78, 5) is 4.16. The van der Waals surface area contributed by atoms with Gasteiger partial charge < -0.3 is 14.8 Å². The molecular weight excluding hydrogens is 308 g/mol. The molecule has 19 heavy (non-hydrogen) atoms. The Morgan fingerprint density at radius 3 is 2.58 bits per heavy atom. The van der Waals surface area contributed by atoms with Crippen molar-refractivity contribution >= 4 is 21.6 Å². The van der Waals surface area contributed by atoms with Gasteiger partial charge in [0.2, 0.25) is 5.88 Å². The molecule has 0 aliphatic rings. The van der Waals surface area contributed by atoms with Gasteiger partial charge in [0.25, 0.3) is 0 Å². The van der Waals surface area contributed by atoms with Crippen LogP contribution in [0.25, 0.3) is 0 Å². The first-order valence-electron chi connectivity index (χ1n) is 5.79. The highest BCUT2D eigenvalue weighted by Crippen LogP contribution is 2.27.